The van der Waals surface area contributed by atoms with Crippen LogP contribution in [0.2, 0.25) is 0 Å². The molecule has 4 nitrogen and oxygen atoms in total. The van der Waals surface area contributed by atoms with Gasteiger partial charge in [-0.3, -0.25) is 0 Å². The molecule has 1 atom stereocenters. The van der Waals surface area contributed by atoms with E-state index in [2.05, 4.69) is 4.74 Å². The van der Waals surface area contributed by atoms with E-state index in [1.165, 1.54) is 14.2 Å². The molecule has 1 aromatic carbocycles. The highest BCUT2D eigenvalue weighted by Crippen LogP contribution is 2.19. The molecule has 0 bridgehead atoms. The lowest BCUT2D eigenvalue weighted by Gasteiger charge is -2.21. The number of rotatable bonds is 5. The Balaban J connectivity index is 2.68. The van der Waals surface area contributed by atoms with Gasteiger partial charge in [0.2, 0.25) is 0 Å². The SMILES string of the molecule is COC(=O)[C@H](Cc1ccc(OC(C)(C)C)cc1)OC. The van der Waals surface area contributed by atoms with Crippen LogP contribution < -0.4 is 4.74 Å². The summed E-state index contributed by atoms with van der Waals surface area (Å²) in [7, 11) is 2.85. The van der Waals surface area contributed by atoms with Crippen LogP contribution in [0.4, 0.5) is 0 Å². The molecule has 1 rings (SSSR count). The van der Waals surface area contributed by atoms with Gasteiger partial charge in [-0.05, 0) is 38.5 Å². The number of benzene rings is 1. The first-order valence-electron chi connectivity index (χ1n) is 6.24. The highest BCUT2D eigenvalue weighted by atomic mass is 16.6. The van der Waals surface area contributed by atoms with Crippen LogP contribution in [-0.4, -0.2) is 31.9 Å². The Morgan fingerprint density at radius 1 is 1.16 bits per heavy atom. The van der Waals surface area contributed by atoms with Gasteiger partial charge >= 0.3 is 5.97 Å². The largest absolute Gasteiger partial charge is 0.488 e. The van der Waals surface area contributed by atoms with Crippen LogP contribution in [0.5, 0.6) is 5.75 Å². The second-order valence-corrected chi connectivity index (χ2v) is 5.31. The molecule has 4 heteroatoms. The summed E-state index contributed by atoms with van der Waals surface area (Å²) in [5, 5.41) is 0. The maximum absolute atomic E-state index is 11.4. The average molecular weight is 266 g/mol. The molecule has 0 radical (unpaired) electrons. The van der Waals surface area contributed by atoms with E-state index in [9.17, 15) is 4.79 Å². The summed E-state index contributed by atoms with van der Waals surface area (Å²) in [6.45, 7) is 6.00. The predicted octanol–water partition coefficient (Wildman–Crippen LogP) is 2.59. The molecular formula is C15H22O4. The van der Waals surface area contributed by atoms with Crippen LogP contribution in [0.3, 0.4) is 0 Å². The second-order valence-electron chi connectivity index (χ2n) is 5.31. The van der Waals surface area contributed by atoms with Crippen LogP contribution in [0, 0.1) is 0 Å². The third kappa shape index (κ3) is 5.30. The van der Waals surface area contributed by atoms with E-state index in [1.807, 2.05) is 45.0 Å². The molecule has 0 heterocycles. The fourth-order valence-electron chi connectivity index (χ4n) is 1.66. The van der Waals surface area contributed by atoms with E-state index < -0.39 is 6.10 Å². The molecule has 1 aromatic rings. The first-order chi connectivity index (χ1) is 8.85. The number of carbonyl (C=O) groups excluding carboxylic acids is 1. The topological polar surface area (TPSA) is 44.8 Å². The molecule has 0 unspecified atom stereocenters. The Labute approximate surface area is 114 Å². The van der Waals surface area contributed by atoms with Gasteiger partial charge in [0, 0.05) is 13.5 Å². The summed E-state index contributed by atoms with van der Waals surface area (Å²) in [6, 6.07) is 7.64. The number of hydrogen-bond donors (Lipinski definition) is 0. The molecule has 0 aliphatic rings. The van der Waals surface area contributed by atoms with E-state index >= 15 is 0 Å². The van der Waals surface area contributed by atoms with Gasteiger partial charge in [-0.2, -0.15) is 0 Å². The minimum absolute atomic E-state index is 0.220. The summed E-state index contributed by atoms with van der Waals surface area (Å²) in [5.74, 6) is 0.445. The second kappa shape index (κ2) is 6.57. The lowest BCUT2D eigenvalue weighted by Crippen LogP contribution is -2.26. The molecule has 106 valence electrons. The molecule has 0 saturated heterocycles. The van der Waals surface area contributed by atoms with Crippen molar-refractivity contribution in [1.82, 2.24) is 0 Å². The van der Waals surface area contributed by atoms with Crippen molar-refractivity contribution < 1.29 is 19.0 Å². The fraction of sp³-hybridized carbons (Fsp3) is 0.533. The van der Waals surface area contributed by atoms with Crippen molar-refractivity contribution in [3.8, 4) is 5.75 Å². The van der Waals surface area contributed by atoms with Gasteiger partial charge in [0.05, 0.1) is 7.11 Å². The molecule has 0 saturated carbocycles. The molecule has 0 spiro atoms. The lowest BCUT2D eigenvalue weighted by atomic mass is 10.1. The Kier molecular flexibility index (Phi) is 5.36. The molecule has 0 fully saturated rings. The van der Waals surface area contributed by atoms with Crippen LogP contribution in [0.1, 0.15) is 26.3 Å². The van der Waals surface area contributed by atoms with Crippen LogP contribution in [0.15, 0.2) is 24.3 Å². The van der Waals surface area contributed by atoms with E-state index in [-0.39, 0.29) is 11.6 Å². The molecule has 0 aliphatic carbocycles. The average Bonchev–Trinajstić information content (AvgIpc) is 2.35. The van der Waals surface area contributed by atoms with Crippen molar-refractivity contribution in [3.05, 3.63) is 29.8 Å². The van der Waals surface area contributed by atoms with Crippen molar-refractivity contribution in [2.75, 3.05) is 14.2 Å². The molecule has 0 N–H and O–H groups in total. The zero-order valence-electron chi connectivity index (χ0n) is 12.2. The third-order valence-corrected chi connectivity index (χ3v) is 2.52. The monoisotopic (exact) mass is 266 g/mol. The number of esters is 1. The summed E-state index contributed by atoms with van der Waals surface area (Å²) in [5.41, 5.74) is 0.779. The summed E-state index contributed by atoms with van der Waals surface area (Å²) in [4.78, 5) is 11.4. The third-order valence-electron chi connectivity index (χ3n) is 2.52. The molecule has 0 aliphatic heterocycles. The zero-order valence-corrected chi connectivity index (χ0v) is 12.2. The van der Waals surface area contributed by atoms with E-state index in [4.69, 9.17) is 9.47 Å². The van der Waals surface area contributed by atoms with Crippen molar-refractivity contribution in [3.63, 3.8) is 0 Å². The highest BCUT2D eigenvalue weighted by molar-refractivity contribution is 5.74. The van der Waals surface area contributed by atoms with Crippen molar-refractivity contribution in [2.24, 2.45) is 0 Å². The van der Waals surface area contributed by atoms with Crippen LogP contribution in [0.25, 0.3) is 0 Å². The van der Waals surface area contributed by atoms with Gasteiger partial charge in [-0.1, -0.05) is 12.1 Å². The Morgan fingerprint density at radius 2 is 1.74 bits per heavy atom. The van der Waals surface area contributed by atoms with Crippen molar-refractivity contribution >= 4 is 5.97 Å². The summed E-state index contributed by atoms with van der Waals surface area (Å²) in [6.07, 6.45) is -0.0849. The first-order valence-corrected chi connectivity index (χ1v) is 6.24. The molecule has 19 heavy (non-hydrogen) atoms. The number of carbonyl (C=O) groups is 1. The summed E-state index contributed by atoms with van der Waals surface area (Å²) < 4.78 is 15.5. The quantitative estimate of drug-likeness (QED) is 0.768. The minimum Gasteiger partial charge on any atom is -0.488 e. The zero-order chi connectivity index (χ0) is 14.5. The normalized spacial score (nSPS) is 12.9. The van der Waals surface area contributed by atoms with Crippen molar-refractivity contribution in [2.45, 2.75) is 38.9 Å². The lowest BCUT2D eigenvalue weighted by molar-refractivity contribution is -0.152. The molecule has 0 amide bonds. The number of methoxy groups -OCH3 is 2. The summed E-state index contributed by atoms with van der Waals surface area (Å²) >= 11 is 0. The van der Waals surface area contributed by atoms with Gasteiger partial charge in [0.1, 0.15) is 11.4 Å². The first kappa shape index (κ1) is 15.5. The number of hydrogen-bond acceptors (Lipinski definition) is 4. The van der Waals surface area contributed by atoms with Crippen LogP contribution >= 0.6 is 0 Å². The van der Waals surface area contributed by atoms with E-state index in [1.54, 1.807) is 0 Å². The minimum atomic E-state index is -0.570. The Bertz CT molecular complexity index is 403. The van der Waals surface area contributed by atoms with Gasteiger partial charge in [0.25, 0.3) is 0 Å². The molecule has 0 aromatic heterocycles. The maximum atomic E-state index is 11.4. The smallest absolute Gasteiger partial charge is 0.335 e. The fourth-order valence-corrected chi connectivity index (χ4v) is 1.66. The Morgan fingerprint density at radius 3 is 2.16 bits per heavy atom. The Hall–Kier alpha value is -1.55. The molecular weight excluding hydrogens is 244 g/mol. The van der Waals surface area contributed by atoms with Gasteiger partial charge in [0.15, 0.2) is 6.10 Å². The van der Waals surface area contributed by atoms with Gasteiger partial charge < -0.3 is 14.2 Å². The predicted molar refractivity (Wildman–Crippen MR) is 73.3 cm³/mol. The number of ether oxygens (including phenoxy) is 3. The van der Waals surface area contributed by atoms with Gasteiger partial charge in [-0.25, -0.2) is 4.79 Å². The van der Waals surface area contributed by atoms with Crippen LogP contribution in [-0.2, 0) is 20.7 Å². The van der Waals surface area contributed by atoms with Gasteiger partial charge in [-0.15, -0.1) is 0 Å². The maximum Gasteiger partial charge on any atom is 0.335 e. The standard InChI is InChI=1S/C15H22O4/c1-15(2,3)19-12-8-6-11(7-9-12)10-13(17-4)14(16)18-5/h6-9,13H,10H2,1-5H3/t13-/m0/s1. The van der Waals surface area contributed by atoms with E-state index in [0.29, 0.717) is 6.42 Å². The van der Waals surface area contributed by atoms with E-state index in [0.717, 1.165) is 11.3 Å². The highest BCUT2D eigenvalue weighted by Gasteiger charge is 2.19. The van der Waals surface area contributed by atoms with Crippen molar-refractivity contribution in [1.29, 1.82) is 0 Å².